The summed E-state index contributed by atoms with van der Waals surface area (Å²) < 4.78 is 7.04. The molecule has 2 bridgehead atoms. The number of fused-ring (bicyclic) bond motifs is 4. The summed E-state index contributed by atoms with van der Waals surface area (Å²) in [5.74, 6) is 1.02. The zero-order chi connectivity index (χ0) is 23.5. The number of benzene rings is 2. The van der Waals surface area contributed by atoms with Crippen molar-refractivity contribution in [3.8, 4) is 11.5 Å². The Morgan fingerprint density at radius 1 is 1.12 bits per heavy atom. The molecular weight excluding hydrogens is 430 g/mol. The van der Waals surface area contributed by atoms with Crippen molar-refractivity contribution in [3.63, 3.8) is 0 Å². The summed E-state index contributed by atoms with van der Waals surface area (Å²) in [6, 6.07) is 14.9. The molecule has 5 aliphatic heterocycles. The number of hydrogen-bond acceptors (Lipinski definition) is 4. The molecule has 34 heavy (non-hydrogen) atoms. The van der Waals surface area contributed by atoms with Gasteiger partial charge >= 0.3 is 0 Å². The maximum Gasteiger partial charge on any atom is 0.253 e. The van der Waals surface area contributed by atoms with E-state index in [9.17, 15) is 14.8 Å². The van der Waals surface area contributed by atoms with E-state index in [0.717, 1.165) is 16.7 Å². The topological polar surface area (TPSA) is 84.7 Å². The minimum absolute atomic E-state index is 0.0388. The van der Waals surface area contributed by atoms with Gasteiger partial charge in [0.2, 0.25) is 17.3 Å². The number of ether oxygens (including phenoxy) is 1. The smallest absolute Gasteiger partial charge is 0.253 e. The Morgan fingerprint density at radius 2 is 1.91 bits per heavy atom. The molecule has 4 saturated heterocycles. The van der Waals surface area contributed by atoms with Crippen molar-refractivity contribution in [1.82, 2.24) is 10.2 Å². The molecule has 6 aliphatic rings. The van der Waals surface area contributed by atoms with Crippen molar-refractivity contribution in [2.45, 2.75) is 44.2 Å². The van der Waals surface area contributed by atoms with Crippen LogP contribution in [-0.2, 0) is 9.59 Å². The highest BCUT2D eigenvalue weighted by Crippen LogP contribution is 2.60. The Bertz CT molecular complexity index is 1360. The molecule has 4 fully saturated rings. The monoisotopic (exact) mass is 455 g/mol. The third-order valence-corrected chi connectivity index (χ3v) is 8.69. The molecule has 5 heterocycles. The third kappa shape index (κ3) is 2.16. The van der Waals surface area contributed by atoms with Gasteiger partial charge in [0.25, 0.3) is 5.91 Å². The molecule has 3 atom stereocenters. The summed E-state index contributed by atoms with van der Waals surface area (Å²) in [5, 5.41) is 16.7. The van der Waals surface area contributed by atoms with Crippen LogP contribution in [0.5, 0.6) is 11.5 Å². The second-order valence-electron chi connectivity index (χ2n) is 10.7. The molecule has 172 valence electrons. The van der Waals surface area contributed by atoms with Crippen molar-refractivity contribution in [3.05, 3.63) is 65.4 Å². The van der Waals surface area contributed by atoms with Crippen molar-refractivity contribution < 1.29 is 19.1 Å². The van der Waals surface area contributed by atoms with Crippen LogP contribution < -0.4 is 10.1 Å². The SMILES string of the molecule is CC1(C)C2=[N+]([O-])c3ccc(Oc4ccccc4)cc3C2=C[C@@]23NC(=O)[C@]4(CCCN4C2=O)CC13. The van der Waals surface area contributed by atoms with Gasteiger partial charge < -0.3 is 20.2 Å². The van der Waals surface area contributed by atoms with Crippen LogP contribution >= 0.6 is 0 Å². The lowest BCUT2D eigenvalue weighted by atomic mass is 9.51. The van der Waals surface area contributed by atoms with Gasteiger partial charge in [-0.2, -0.15) is 4.74 Å². The summed E-state index contributed by atoms with van der Waals surface area (Å²) >= 11 is 0. The molecule has 2 spiro atoms. The fourth-order valence-corrected chi connectivity index (χ4v) is 7.16. The molecule has 7 heteroatoms. The Labute approximate surface area is 197 Å². The zero-order valence-corrected chi connectivity index (χ0v) is 19.1. The molecular formula is C27H25N3O4. The maximum absolute atomic E-state index is 13.9. The quantitative estimate of drug-likeness (QED) is 0.552. The van der Waals surface area contributed by atoms with Gasteiger partial charge in [-0.25, -0.2) is 0 Å². The Kier molecular flexibility index (Phi) is 3.55. The van der Waals surface area contributed by atoms with Crippen LogP contribution in [0.3, 0.4) is 0 Å². The second-order valence-corrected chi connectivity index (χ2v) is 10.7. The standard InChI is InChI=1S/C27H25N3O4/c1-25(2)21-15-26-11-6-12-29(26)24(32)27(21,28-23(26)31)14-19-18-13-17(34-16-7-4-3-5-8-16)9-10-20(18)30(33)22(19)25/h3-5,7-10,13-14,21H,6,11-12,15H2,1-2H3,(H,28,31)/t21?,26-,27-/m0/s1. The number of nitrogens with one attached hydrogen (secondary N) is 1. The van der Waals surface area contributed by atoms with Gasteiger partial charge in [0.1, 0.15) is 22.6 Å². The summed E-state index contributed by atoms with van der Waals surface area (Å²) in [7, 11) is 0. The van der Waals surface area contributed by atoms with Crippen LogP contribution in [-0.4, -0.2) is 44.8 Å². The number of hydrogen-bond donors (Lipinski definition) is 1. The molecule has 0 radical (unpaired) electrons. The van der Waals surface area contributed by atoms with Gasteiger partial charge in [0.15, 0.2) is 0 Å². The lowest BCUT2D eigenvalue weighted by Crippen LogP contribution is -2.83. The Balaban J connectivity index is 1.41. The lowest BCUT2D eigenvalue weighted by molar-refractivity contribution is -0.362. The number of piperidine rings is 2. The zero-order valence-electron chi connectivity index (χ0n) is 19.1. The first-order valence-electron chi connectivity index (χ1n) is 11.9. The van der Waals surface area contributed by atoms with Crippen LogP contribution in [0.1, 0.15) is 38.7 Å². The van der Waals surface area contributed by atoms with E-state index in [2.05, 4.69) is 5.32 Å². The van der Waals surface area contributed by atoms with Crippen LogP contribution in [0, 0.1) is 16.5 Å². The summed E-state index contributed by atoms with van der Waals surface area (Å²) in [6.45, 7) is 4.69. The fourth-order valence-electron chi connectivity index (χ4n) is 7.16. The summed E-state index contributed by atoms with van der Waals surface area (Å²) in [6.07, 6.45) is 3.95. The third-order valence-electron chi connectivity index (χ3n) is 8.69. The van der Waals surface area contributed by atoms with E-state index in [1.807, 2.05) is 56.3 Å². The number of para-hydroxylation sites is 1. The number of allylic oxidation sites excluding steroid dienone is 1. The molecule has 1 unspecified atom stereocenters. The first-order valence-corrected chi connectivity index (χ1v) is 11.9. The number of piperazine rings is 1. The number of carbonyl (C=O) groups excluding carboxylic acids is 2. The van der Waals surface area contributed by atoms with Crippen molar-refractivity contribution >= 4 is 28.8 Å². The predicted molar refractivity (Wildman–Crippen MR) is 126 cm³/mol. The molecule has 0 saturated carbocycles. The van der Waals surface area contributed by atoms with Crippen LogP contribution in [0.4, 0.5) is 5.69 Å². The van der Waals surface area contributed by atoms with Crippen LogP contribution in [0.15, 0.2) is 54.6 Å². The first-order chi connectivity index (χ1) is 16.3. The molecule has 1 aliphatic carbocycles. The number of rotatable bonds is 2. The molecule has 2 amide bonds. The Hall–Kier alpha value is -3.61. The summed E-state index contributed by atoms with van der Waals surface area (Å²) in [4.78, 5) is 29.0. The van der Waals surface area contributed by atoms with E-state index >= 15 is 0 Å². The van der Waals surface area contributed by atoms with Gasteiger partial charge in [0.05, 0.1) is 16.6 Å². The predicted octanol–water partition coefficient (Wildman–Crippen LogP) is 3.75. The lowest BCUT2D eigenvalue weighted by Gasteiger charge is -2.62. The molecule has 7 nitrogen and oxygen atoms in total. The van der Waals surface area contributed by atoms with Gasteiger partial charge in [-0.15, -0.1) is 0 Å². The molecule has 0 aromatic heterocycles. The van der Waals surface area contributed by atoms with Gasteiger partial charge in [0, 0.05) is 18.5 Å². The van der Waals surface area contributed by atoms with Crippen molar-refractivity contribution in [2.75, 3.05) is 6.54 Å². The molecule has 2 aromatic carbocycles. The van der Waals surface area contributed by atoms with Crippen LogP contribution in [0.2, 0.25) is 0 Å². The van der Waals surface area contributed by atoms with E-state index in [1.165, 1.54) is 0 Å². The van der Waals surface area contributed by atoms with E-state index in [4.69, 9.17) is 4.74 Å². The Morgan fingerprint density at radius 3 is 2.71 bits per heavy atom. The number of carbonyl (C=O) groups is 2. The minimum atomic E-state index is -1.13. The fraction of sp³-hybridized carbons (Fsp3) is 0.370. The van der Waals surface area contributed by atoms with Crippen molar-refractivity contribution in [1.29, 1.82) is 0 Å². The molecule has 8 rings (SSSR count). The highest BCUT2D eigenvalue weighted by atomic mass is 16.5. The average Bonchev–Trinajstić information content (AvgIpc) is 3.37. The van der Waals surface area contributed by atoms with Crippen molar-refractivity contribution in [2.24, 2.45) is 11.3 Å². The second kappa shape index (κ2) is 6.09. The van der Waals surface area contributed by atoms with E-state index in [-0.39, 0.29) is 17.7 Å². The number of nitrogens with zero attached hydrogens (tertiary/aromatic N) is 2. The summed E-state index contributed by atoms with van der Waals surface area (Å²) in [5.41, 5.74) is 0.114. The largest absolute Gasteiger partial charge is 0.618 e. The molecule has 1 N–H and O–H groups in total. The first kappa shape index (κ1) is 19.8. The molecule has 2 aromatic rings. The highest BCUT2D eigenvalue weighted by Gasteiger charge is 2.73. The van der Waals surface area contributed by atoms with E-state index < -0.39 is 16.5 Å². The maximum atomic E-state index is 13.9. The normalized spacial score (nSPS) is 32.0. The van der Waals surface area contributed by atoms with Gasteiger partial charge in [-0.3, -0.25) is 9.59 Å². The van der Waals surface area contributed by atoms with Gasteiger partial charge in [-0.05, 0) is 63.5 Å². The average molecular weight is 456 g/mol. The van der Waals surface area contributed by atoms with Crippen LogP contribution in [0.25, 0.3) is 5.57 Å². The minimum Gasteiger partial charge on any atom is -0.618 e. The highest BCUT2D eigenvalue weighted by molar-refractivity contribution is 6.30. The van der Waals surface area contributed by atoms with E-state index in [1.54, 1.807) is 17.0 Å². The number of amides is 2. The van der Waals surface area contributed by atoms with E-state index in [0.29, 0.717) is 47.9 Å². The van der Waals surface area contributed by atoms with Gasteiger partial charge in [-0.1, -0.05) is 18.2 Å².